The Hall–Kier alpha value is -2.08. The average Bonchev–Trinajstić information content (AvgIpc) is 2.39. The van der Waals surface area contributed by atoms with Gasteiger partial charge in [0.2, 0.25) is 0 Å². The highest BCUT2D eigenvalue weighted by Crippen LogP contribution is 2.21. The smallest absolute Gasteiger partial charge is 0.324 e. The number of likely N-dealkylation sites (N-methyl/N-ethyl adjacent to an activating group) is 1. The van der Waals surface area contributed by atoms with E-state index >= 15 is 0 Å². The number of anilines is 1. The van der Waals surface area contributed by atoms with Crippen LogP contribution in [-0.2, 0) is 4.79 Å². The van der Waals surface area contributed by atoms with Gasteiger partial charge in [0.15, 0.2) is 0 Å². The molecular formula is C15H22N2O4. The van der Waals surface area contributed by atoms with Crippen LogP contribution in [0.2, 0.25) is 0 Å². The predicted molar refractivity (Wildman–Crippen MR) is 80.5 cm³/mol. The third-order valence-corrected chi connectivity index (χ3v) is 3.05. The molecule has 6 nitrogen and oxygen atoms in total. The Morgan fingerprint density at radius 2 is 1.90 bits per heavy atom. The van der Waals surface area contributed by atoms with Gasteiger partial charge in [-0.1, -0.05) is 18.2 Å². The predicted octanol–water partition coefficient (Wildman–Crippen LogP) is 1.71. The van der Waals surface area contributed by atoms with E-state index in [1.165, 1.54) is 9.80 Å². The highest BCUT2D eigenvalue weighted by molar-refractivity contribution is 5.93. The fourth-order valence-corrected chi connectivity index (χ4v) is 2.07. The van der Waals surface area contributed by atoms with Gasteiger partial charge in [-0.05, 0) is 25.5 Å². The number of carbonyl (C=O) groups is 2. The van der Waals surface area contributed by atoms with E-state index < -0.39 is 12.1 Å². The molecule has 1 aromatic carbocycles. The van der Waals surface area contributed by atoms with Gasteiger partial charge in [0, 0.05) is 25.8 Å². The molecule has 0 saturated heterocycles. The van der Waals surface area contributed by atoms with E-state index in [0.29, 0.717) is 5.69 Å². The molecule has 0 aliphatic carbocycles. The van der Waals surface area contributed by atoms with Gasteiger partial charge in [0.25, 0.3) is 0 Å². The van der Waals surface area contributed by atoms with Crippen molar-refractivity contribution < 1.29 is 19.8 Å². The number of aliphatic hydroxyl groups is 1. The SMILES string of the molecule is Cc1ccccc1N(CCC(=O)O)C(=O)N(C)CC(C)O. The number of aliphatic carboxylic acids is 1. The molecule has 0 radical (unpaired) electrons. The third kappa shape index (κ3) is 5.07. The summed E-state index contributed by atoms with van der Waals surface area (Å²) in [6.07, 6.45) is -0.778. The Balaban J connectivity index is 2.99. The van der Waals surface area contributed by atoms with Crippen LogP contribution in [0, 0.1) is 6.92 Å². The Labute approximate surface area is 124 Å². The summed E-state index contributed by atoms with van der Waals surface area (Å²) in [7, 11) is 1.58. The number of carboxylic acids is 1. The summed E-state index contributed by atoms with van der Waals surface area (Å²) in [6.45, 7) is 3.74. The minimum Gasteiger partial charge on any atom is -0.481 e. The molecule has 21 heavy (non-hydrogen) atoms. The van der Waals surface area contributed by atoms with Crippen molar-refractivity contribution >= 4 is 17.7 Å². The molecule has 1 aromatic rings. The Kier molecular flexibility index (Phi) is 6.17. The lowest BCUT2D eigenvalue weighted by atomic mass is 10.2. The Bertz CT molecular complexity index is 502. The zero-order chi connectivity index (χ0) is 16.0. The number of aryl methyl sites for hydroxylation is 1. The monoisotopic (exact) mass is 294 g/mol. The largest absolute Gasteiger partial charge is 0.481 e. The number of urea groups is 1. The van der Waals surface area contributed by atoms with Crippen molar-refractivity contribution in [3.05, 3.63) is 29.8 Å². The Morgan fingerprint density at radius 3 is 2.43 bits per heavy atom. The van der Waals surface area contributed by atoms with Crippen molar-refractivity contribution in [2.45, 2.75) is 26.4 Å². The number of aliphatic hydroxyl groups excluding tert-OH is 1. The van der Waals surface area contributed by atoms with E-state index in [2.05, 4.69) is 0 Å². The second-order valence-electron chi connectivity index (χ2n) is 5.09. The first kappa shape index (κ1) is 17.0. The van der Waals surface area contributed by atoms with E-state index in [0.717, 1.165) is 5.56 Å². The van der Waals surface area contributed by atoms with Crippen LogP contribution in [0.4, 0.5) is 10.5 Å². The minimum atomic E-state index is -0.959. The first-order chi connectivity index (χ1) is 9.82. The summed E-state index contributed by atoms with van der Waals surface area (Å²) >= 11 is 0. The van der Waals surface area contributed by atoms with E-state index in [1.807, 2.05) is 19.1 Å². The number of para-hydroxylation sites is 1. The number of benzene rings is 1. The van der Waals surface area contributed by atoms with Crippen LogP contribution >= 0.6 is 0 Å². The molecule has 0 aromatic heterocycles. The summed E-state index contributed by atoms with van der Waals surface area (Å²) in [5.41, 5.74) is 1.57. The number of hydrogen-bond donors (Lipinski definition) is 2. The van der Waals surface area contributed by atoms with Crippen LogP contribution in [0.5, 0.6) is 0 Å². The van der Waals surface area contributed by atoms with Gasteiger partial charge in [-0.15, -0.1) is 0 Å². The van der Waals surface area contributed by atoms with Crippen molar-refractivity contribution in [3.8, 4) is 0 Å². The molecule has 6 heteroatoms. The van der Waals surface area contributed by atoms with Crippen molar-refractivity contribution in [3.63, 3.8) is 0 Å². The number of amides is 2. The second kappa shape index (κ2) is 7.64. The van der Waals surface area contributed by atoms with Crippen LogP contribution in [-0.4, -0.2) is 53.4 Å². The summed E-state index contributed by atoms with van der Waals surface area (Å²) in [6, 6.07) is 6.98. The van der Waals surface area contributed by atoms with E-state index in [4.69, 9.17) is 5.11 Å². The summed E-state index contributed by atoms with van der Waals surface area (Å²) in [5, 5.41) is 18.2. The maximum Gasteiger partial charge on any atom is 0.324 e. The third-order valence-electron chi connectivity index (χ3n) is 3.05. The highest BCUT2D eigenvalue weighted by Gasteiger charge is 2.22. The fraction of sp³-hybridized carbons (Fsp3) is 0.467. The highest BCUT2D eigenvalue weighted by atomic mass is 16.4. The lowest BCUT2D eigenvalue weighted by Crippen LogP contribution is -2.45. The molecule has 0 fully saturated rings. The number of carboxylic acid groups (broad SMARTS) is 1. The van der Waals surface area contributed by atoms with Gasteiger partial charge in [-0.25, -0.2) is 4.79 Å². The molecule has 116 valence electrons. The maximum atomic E-state index is 12.5. The number of carbonyl (C=O) groups excluding carboxylic acids is 1. The summed E-state index contributed by atoms with van der Waals surface area (Å²) < 4.78 is 0. The van der Waals surface area contributed by atoms with Crippen molar-refractivity contribution in [1.82, 2.24) is 4.90 Å². The quantitative estimate of drug-likeness (QED) is 0.837. The van der Waals surface area contributed by atoms with Gasteiger partial charge in [0.05, 0.1) is 12.5 Å². The summed E-state index contributed by atoms with van der Waals surface area (Å²) in [5.74, 6) is -0.959. The molecule has 2 amide bonds. The van der Waals surface area contributed by atoms with Crippen molar-refractivity contribution in [1.29, 1.82) is 0 Å². The van der Waals surface area contributed by atoms with Gasteiger partial charge in [-0.3, -0.25) is 9.69 Å². The van der Waals surface area contributed by atoms with E-state index in [9.17, 15) is 14.7 Å². The molecule has 0 heterocycles. The zero-order valence-corrected chi connectivity index (χ0v) is 12.6. The van der Waals surface area contributed by atoms with Crippen LogP contribution in [0.25, 0.3) is 0 Å². The zero-order valence-electron chi connectivity index (χ0n) is 12.6. The van der Waals surface area contributed by atoms with Crippen LogP contribution in [0.15, 0.2) is 24.3 Å². The average molecular weight is 294 g/mol. The van der Waals surface area contributed by atoms with Crippen molar-refractivity contribution in [2.75, 3.05) is 25.0 Å². The standard InChI is InChI=1S/C15H22N2O4/c1-11-6-4-5-7-13(11)17(9-8-14(19)20)15(21)16(3)10-12(2)18/h4-7,12,18H,8-10H2,1-3H3,(H,19,20). The van der Waals surface area contributed by atoms with E-state index in [1.54, 1.807) is 26.1 Å². The van der Waals surface area contributed by atoms with Crippen LogP contribution in [0.1, 0.15) is 18.9 Å². The van der Waals surface area contributed by atoms with Gasteiger partial charge in [-0.2, -0.15) is 0 Å². The van der Waals surface area contributed by atoms with Crippen molar-refractivity contribution in [2.24, 2.45) is 0 Å². The molecular weight excluding hydrogens is 272 g/mol. The number of hydrogen-bond acceptors (Lipinski definition) is 3. The molecule has 1 rings (SSSR count). The molecule has 0 saturated carbocycles. The molecule has 2 N–H and O–H groups in total. The first-order valence-electron chi connectivity index (χ1n) is 6.81. The second-order valence-corrected chi connectivity index (χ2v) is 5.09. The molecule has 1 unspecified atom stereocenters. The minimum absolute atomic E-state index is 0.0865. The molecule has 0 spiro atoms. The lowest BCUT2D eigenvalue weighted by molar-refractivity contribution is -0.136. The lowest BCUT2D eigenvalue weighted by Gasteiger charge is -2.29. The molecule has 1 atom stereocenters. The molecule has 0 aliphatic heterocycles. The topological polar surface area (TPSA) is 81.1 Å². The first-order valence-corrected chi connectivity index (χ1v) is 6.81. The van der Waals surface area contributed by atoms with Crippen LogP contribution < -0.4 is 4.90 Å². The molecule has 0 bridgehead atoms. The Morgan fingerprint density at radius 1 is 1.29 bits per heavy atom. The van der Waals surface area contributed by atoms with Gasteiger partial charge >= 0.3 is 12.0 Å². The molecule has 0 aliphatic rings. The van der Waals surface area contributed by atoms with Crippen LogP contribution in [0.3, 0.4) is 0 Å². The van der Waals surface area contributed by atoms with Gasteiger partial charge < -0.3 is 15.1 Å². The fourth-order valence-electron chi connectivity index (χ4n) is 2.07. The maximum absolute atomic E-state index is 12.5. The number of nitrogens with zero attached hydrogens (tertiary/aromatic N) is 2. The normalized spacial score (nSPS) is 11.8. The van der Waals surface area contributed by atoms with E-state index in [-0.39, 0.29) is 25.5 Å². The summed E-state index contributed by atoms with van der Waals surface area (Å²) in [4.78, 5) is 26.1. The number of rotatable bonds is 6. The van der Waals surface area contributed by atoms with Gasteiger partial charge in [0.1, 0.15) is 0 Å².